The molecule has 0 amide bonds. The molecule has 1 aliphatic heterocycles. The van der Waals surface area contributed by atoms with E-state index in [-0.39, 0.29) is 0 Å². The highest BCUT2D eigenvalue weighted by molar-refractivity contribution is 5.81. The molecule has 3 aromatic rings. The van der Waals surface area contributed by atoms with Gasteiger partial charge in [-0.05, 0) is 23.6 Å². The molecular formula is C19H22N4. The van der Waals surface area contributed by atoms with Crippen LogP contribution in [0.4, 0.5) is 0 Å². The number of para-hydroxylation sites is 1. The molecule has 2 heterocycles. The maximum absolute atomic E-state index is 6.05. The Morgan fingerprint density at radius 1 is 1.09 bits per heavy atom. The number of nitrogens with zero attached hydrogens (tertiary/aromatic N) is 2. The van der Waals surface area contributed by atoms with Gasteiger partial charge in [0.05, 0.1) is 11.7 Å². The predicted molar refractivity (Wildman–Crippen MR) is 93.1 cm³/mol. The molecule has 2 atom stereocenters. The Morgan fingerprint density at radius 2 is 1.96 bits per heavy atom. The summed E-state index contributed by atoms with van der Waals surface area (Å²) in [6, 6.07) is 17.2. The van der Waals surface area contributed by atoms with Gasteiger partial charge in [0.25, 0.3) is 0 Å². The minimum absolute atomic E-state index is 0.526. The number of H-pyrrole nitrogens is 1. The Bertz CT molecular complexity index is 780. The van der Waals surface area contributed by atoms with Gasteiger partial charge in [-0.25, -0.2) is 0 Å². The van der Waals surface area contributed by atoms with E-state index in [9.17, 15) is 0 Å². The number of rotatable bonds is 4. The first-order valence-corrected chi connectivity index (χ1v) is 8.23. The van der Waals surface area contributed by atoms with Crippen LogP contribution in [0.2, 0.25) is 0 Å². The van der Waals surface area contributed by atoms with E-state index in [1.165, 1.54) is 16.5 Å². The van der Waals surface area contributed by atoms with Crippen molar-refractivity contribution in [3.05, 3.63) is 65.9 Å². The highest BCUT2D eigenvalue weighted by Gasteiger charge is 2.32. The lowest BCUT2D eigenvalue weighted by Crippen LogP contribution is -2.23. The summed E-state index contributed by atoms with van der Waals surface area (Å²) in [5.74, 6) is 1.06. The molecule has 23 heavy (non-hydrogen) atoms. The largest absolute Gasteiger partial charge is 0.330 e. The Labute approximate surface area is 136 Å². The number of likely N-dealkylation sites (tertiary alicyclic amines) is 1. The highest BCUT2D eigenvalue weighted by Crippen LogP contribution is 2.33. The fourth-order valence-electron chi connectivity index (χ4n) is 3.81. The average Bonchev–Trinajstić information content (AvgIpc) is 3.22. The van der Waals surface area contributed by atoms with Crippen LogP contribution in [0.1, 0.15) is 17.0 Å². The predicted octanol–water partition coefficient (Wildman–Crippen LogP) is 2.74. The molecule has 0 bridgehead atoms. The molecule has 0 radical (unpaired) electrons. The molecule has 0 unspecified atom stereocenters. The SMILES string of the molecule is NC[C@@H]1CN(Cc2cccc3cn[nH]c23)C[C@H]1c1ccccc1. The van der Waals surface area contributed by atoms with E-state index < -0.39 is 0 Å². The van der Waals surface area contributed by atoms with Gasteiger partial charge in [-0.3, -0.25) is 10.00 Å². The van der Waals surface area contributed by atoms with Crippen LogP contribution in [0, 0.1) is 5.92 Å². The lowest BCUT2D eigenvalue weighted by atomic mass is 9.89. The Kier molecular flexibility index (Phi) is 3.85. The summed E-state index contributed by atoms with van der Waals surface area (Å²) in [5.41, 5.74) is 9.92. The molecule has 1 aliphatic rings. The maximum Gasteiger partial charge on any atom is 0.0695 e. The molecule has 3 N–H and O–H groups in total. The molecule has 1 fully saturated rings. The van der Waals surface area contributed by atoms with Gasteiger partial charge in [-0.2, -0.15) is 5.10 Å². The van der Waals surface area contributed by atoms with Crippen LogP contribution in [-0.2, 0) is 6.54 Å². The summed E-state index contributed by atoms with van der Waals surface area (Å²) < 4.78 is 0. The number of benzene rings is 2. The van der Waals surface area contributed by atoms with Gasteiger partial charge in [-0.1, -0.05) is 48.5 Å². The quantitative estimate of drug-likeness (QED) is 0.779. The molecule has 0 aliphatic carbocycles. The van der Waals surface area contributed by atoms with Crippen molar-refractivity contribution < 1.29 is 0 Å². The lowest BCUT2D eigenvalue weighted by Gasteiger charge is -2.17. The van der Waals surface area contributed by atoms with E-state index in [2.05, 4.69) is 63.6 Å². The lowest BCUT2D eigenvalue weighted by molar-refractivity contribution is 0.318. The first-order chi connectivity index (χ1) is 11.3. The maximum atomic E-state index is 6.05. The van der Waals surface area contributed by atoms with E-state index >= 15 is 0 Å². The summed E-state index contributed by atoms with van der Waals surface area (Å²) >= 11 is 0. The van der Waals surface area contributed by atoms with Crippen LogP contribution in [-0.4, -0.2) is 34.7 Å². The summed E-state index contributed by atoms with van der Waals surface area (Å²) in [5, 5.41) is 8.47. The number of aromatic amines is 1. The molecule has 4 rings (SSSR count). The first-order valence-electron chi connectivity index (χ1n) is 8.23. The number of hydrogen-bond acceptors (Lipinski definition) is 3. The van der Waals surface area contributed by atoms with Crippen LogP contribution in [0.3, 0.4) is 0 Å². The molecule has 1 saturated heterocycles. The van der Waals surface area contributed by atoms with Crippen molar-refractivity contribution in [3.8, 4) is 0 Å². The van der Waals surface area contributed by atoms with E-state index in [0.29, 0.717) is 11.8 Å². The molecule has 2 aromatic carbocycles. The monoisotopic (exact) mass is 306 g/mol. The topological polar surface area (TPSA) is 57.9 Å². The van der Waals surface area contributed by atoms with Crippen molar-refractivity contribution in [2.45, 2.75) is 12.5 Å². The zero-order valence-electron chi connectivity index (χ0n) is 13.2. The zero-order valence-corrected chi connectivity index (χ0v) is 13.2. The number of nitrogens with two attached hydrogens (primary N) is 1. The van der Waals surface area contributed by atoms with E-state index in [1.807, 2.05) is 6.20 Å². The van der Waals surface area contributed by atoms with Gasteiger partial charge < -0.3 is 5.73 Å². The van der Waals surface area contributed by atoms with Crippen molar-refractivity contribution in [1.82, 2.24) is 15.1 Å². The van der Waals surface area contributed by atoms with Crippen LogP contribution in [0.5, 0.6) is 0 Å². The summed E-state index contributed by atoms with van der Waals surface area (Å²) in [4.78, 5) is 2.52. The third-order valence-corrected chi connectivity index (χ3v) is 5.00. The van der Waals surface area contributed by atoms with E-state index in [0.717, 1.165) is 31.7 Å². The molecule has 4 heteroatoms. The third-order valence-electron chi connectivity index (χ3n) is 5.00. The standard InChI is InChI=1S/C19H22N4/c20-9-17-12-23(13-18(17)14-5-2-1-3-6-14)11-16-8-4-7-15-10-21-22-19(15)16/h1-8,10,17-18H,9,11-13,20H2,(H,21,22)/t17-,18+/m1/s1. The van der Waals surface area contributed by atoms with Crippen molar-refractivity contribution in [3.63, 3.8) is 0 Å². The fraction of sp³-hybridized carbons (Fsp3) is 0.316. The number of nitrogens with one attached hydrogen (secondary N) is 1. The van der Waals surface area contributed by atoms with Crippen molar-refractivity contribution in [2.75, 3.05) is 19.6 Å². The third kappa shape index (κ3) is 2.76. The molecule has 4 nitrogen and oxygen atoms in total. The van der Waals surface area contributed by atoms with Gasteiger partial charge in [-0.15, -0.1) is 0 Å². The second-order valence-corrected chi connectivity index (χ2v) is 6.46. The second kappa shape index (κ2) is 6.14. The minimum atomic E-state index is 0.526. The average molecular weight is 306 g/mol. The number of aromatic nitrogens is 2. The molecule has 118 valence electrons. The van der Waals surface area contributed by atoms with Gasteiger partial charge in [0.2, 0.25) is 0 Å². The van der Waals surface area contributed by atoms with Gasteiger partial charge >= 0.3 is 0 Å². The Morgan fingerprint density at radius 3 is 2.78 bits per heavy atom. The zero-order chi connectivity index (χ0) is 15.6. The fourth-order valence-corrected chi connectivity index (χ4v) is 3.81. The van der Waals surface area contributed by atoms with E-state index in [4.69, 9.17) is 5.73 Å². The molecule has 0 saturated carbocycles. The van der Waals surface area contributed by atoms with Crippen LogP contribution >= 0.6 is 0 Å². The first kappa shape index (κ1) is 14.4. The van der Waals surface area contributed by atoms with Crippen molar-refractivity contribution in [2.24, 2.45) is 11.7 Å². The molecule has 0 spiro atoms. The smallest absolute Gasteiger partial charge is 0.0695 e. The minimum Gasteiger partial charge on any atom is -0.330 e. The summed E-state index contributed by atoms with van der Waals surface area (Å²) in [6.07, 6.45) is 1.89. The molecular weight excluding hydrogens is 284 g/mol. The van der Waals surface area contributed by atoms with Gasteiger partial charge in [0, 0.05) is 30.9 Å². The van der Waals surface area contributed by atoms with Crippen LogP contribution < -0.4 is 5.73 Å². The van der Waals surface area contributed by atoms with Crippen molar-refractivity contribution in [1.29, 1.82) is 0 Å². The second-order valence-electron chi connectivity index (χ2n) is 6.46. The Hall–Kier alpha value is -2.17. The van der Waals surface area contributed by atoms with Gasteiger partial charge in [0.15, 0.2) is 0 Å². The highest BCUT2D eigenvalue weighted by atomic mass is 15.2. The van der Waals surface area contributed by atoms with Crippen LogP contribution in [0.25, 0.3) is 10.9 Å². The normalized spacial score (nSPS) is 22.0. The van der Waals surface area contributed by atoms with E-state index in [1.54, 1.807) is 0 Å². The summed E-state index contributed by atoms with van der Waals surface area (Å²) in [6.45, 7) is 3.81. The number of fused-ring (bicyclic) bond motifs is 1. The Balaban J connectivity index is 1.56. The van der Waals surface area contributed by atoms with Crippen molar-refractivity contribution >= 4 is 10.9 Å². The summed E-state index contributed by atoms with van der Waals surface area (Å²) in [7, 11) is 0. The number of hydrogen-bond donors (Lipinski definition) is 2. The van der Waals surface area contributed by atoms with Gasteiger partial charge in [0.1, 0.15) is 0 Å². The van der Waals surface area contributed by atoms with Crippen LogP contribution in [0.15, 0.2) is 54.7 Å². The molecule has 1 aromatic heterocycles.